The topological polar surface area (TPSA) is 42.0 Å². The third kappa shape index (κ3) is 2.81. The number of aryl methyl sites for hydroxylation is 1. The molecule has 2 fully saturated rings. The molecule has 0 aliphatic carbocycles. The average molecular weight is 264 g/mol. The van der Waals surface area contributed by atoms with E-state index in [-0.39, 0.29) is 0 Å². The molecule has 2 aliphatic rings. The van der Waals surface area contributed by atoms with Crippen LogP contribution in [0.1, 0.15) is 42.8 Å². The number of piperidine rings is 1. The summed E-state index contributed by atoms with van der Waals surface area (Å²) in [7, 11) is 0. The molecule has 0 spiro atoms. The van der Waals surface area contributed by atoms with Gasteiger partial charge in [0.05, 0.1) is 6.42 Å². The number of Topliss-reactive ketones (excluding diaryl/α,β-unsaturated/α-hetero) is 1. The summed E-state index contributed by atoms with van der Waals surface area (Å²) < 4.78 is 0. The highest BCUT2D eigenvalue weighted by atomic mass is 32.1. The molecule has 2 atom stereocenters. The second-order valence-electron chi connectivity index (χ2n) is 5.78. The molecule has 2 unspecified atom stereocenters. The van der Waals surface area contributed by atoms with Gasteiger partial charge in [-0.1, -0.05) is 0 Å². The van der Waals surface area contributed by atoms with E-state index in [9.17, 15) is 4.79 Å². The monoisotopic (exact) mass is 264 g/mol. The molecular formula is C14H20N2OS. The number of hydrogen-bond acceptors (Lipinski definition) is 4. The molecule has 2 saturated heterocycles. The maximum absolute atomic E-state index is 12.1. The van der Waals surface area contributed by atoms with Crippen molar-refractivity contribution >= 4 is 17.1 Å². The minimum Gasteiger partial charge on any atom is -0.311 e. The van der Waals surface area contributed by atoms with Crippen LogP contribution in [0.5, 0.6) is 0 Å². The van der Waals surface area contributed by atoms with Gasteiger partial charge in [0.15, 0.2) is 0 Å². The first-order valence-electron chi connectivity index (χ1n) is 6.88. The summed E-state index contributed by atoms with van der Waals surface area (Å²) in [6.45, 7) is 1.98. The van der Waals surface area contributed by atoms with E-state index in [0.29, 0.717) is 30.2 Å². The largest absolute Gasteiger partial charge is 0.311 e. The van der Waals surface area contributed by atoms with E-state index in [1.807, 2.05) is 12.3 Å². The molecule has 3 rings (SSSR count). The number of carbonyl (C=O) groups is 1. The van der Waals surface area contributed by atoms with Crippen molar-refractivity contribution in [3.05, 3.63) is 16.1 Å². The normalized spacial score (nSPS) is 30.6. The highest BCUT2D eigenvalue weighted by molar-refractivity contribution is 7.09. The number of fused-ring (bicyclic) bond motifs is 2. The second-order valence-corrected chi connectivity index (χ2v) is 6.72. The van der Waals surface area contributed by atoms with E-state index in [2.05, 4.69) is 10.3 Å². The van der Waals surface area contributed by atoms with Crippen LogP contribution in [0.3, 0.4) is 0 Å². The Morgan fingerprint density at radius 1 is 1.44 bits per heavy atom. The molecule has 0 radical (unpaired) electrons. The van der Waals surface area contributed by atoms with Gasteiger partial charge in [-0.05, 0) is 38.5 Å². The van der Waals surface area contributed by atoms with Crippen LogP contribution in [0, 0.1) is 12.8 Å². The Morgan fingerprint density at radius 2 is 2.17 bits per heavy atom. The summed E-state index contributed by atoms with van der Waals surface area (Å²) in [6, 6.07) is 1.37. The lowest BCUT2D eigenvalue weighted by Crippen LogP contribution is -2.38. The minimum atomic E-state index is 0.371. The molecule has 3 nitrogen and oxygen atoms in total. The first-order valence-corrected chi connectivity index (χ1v) is 7.76. The molecular weight excluding hydrogens is 244 g/mol. The Kier molecular flexibility index (Phi) is 3.48. The molecule has 1 aromatic rings. The van der Waals surface area contributed by atoms with Gasteiger partial charge in [-0.3, -0.25) is 4.79 Å². The van der Waals surface area contributed by atoms with Gasteiger partial charge < -0.3 is 5.32 Å². The van der Waals surface area contributed by atoms with Crippen molar-refractivity contribution in [3.8, 4) is 0 Å². The molecule has 1 N–H and O–H groups in total. The van der Waals surface area contributed by atoms with Gasteiger partial charge in [0.2, 0.25) is 0 Å². The van der Waals surface area contributed by atoms with Crippen molar-refractivity contribution in [1.82, 2.24) is 10.3 Å². The van der Waals surface area contributed by atoms with Crippen molar-refractivity contribution < 1.29 is 4.79 Å². The summed E-state index contributed by atoms with van der Waals surface area (Å²) in [5.74, 6) is 0.980. The second kappa shape index (κ2) is 5.10. The Balaban J connectivity index is 1.52. The molecule has 0 saturated carbocycles. The van der Waals surface area contributed by atoms with Crippen LogP contribution in [0.4, 0.5) is 0 Å². The lowest BCUT2D eigenvalue weighted by Gasteiger charge is -2.28. The van der Waals surface area contributed by atoms with Crippen molar-refractivity contribution in [2.45, 2.75) is 57.5 Å². The van der Waals surface area contributed by atoms with Gasteiger partial charge >= 0.3 is 0 Å². The standard InChI is InChI=1S/C14H20N2OS/c1-9-8-18-14(15-9)7-13(17)6-10-4-11-2-3-12(5-10)16-11/h8,10-12,16H,2-7H2,1H3. The van der Waals surface area contributed by atoms with Gasteiger partial charge in [-0.15, -0.1) is 11.3 Å². The van der Waals surface area contributed by atoms with Crippen LogP contribution in [0.15, 0.2) is 5.38 Å². The quantitative estimate of drug-likeness (QED) is 0.908. The average Bonchev–Trinajstić information content (AvgIpc) is 2.85. The first kappa shape index (κ1) is 12.3. The molecule has 0 aromatic carbocycles. The van der Waals surface area contributed by atoms with Crippen LogP contribution >= 0.6 is 11.3 Å². The summed E-state index contributed by atoms with van der Waals surface area (Å²) >= 11 is 1.61. The summed E-state index contributed by atoms with van der Waals surface area (Å²) in [5.41, 5.74) is 1.03. The number of rotatable bonds is 4. The zero-order valence-electron chi connectivity index (χ0n) is 10.8. The van der Waals surface area contributed by atoms with Gasteiger partial charge in [0, 0.05) is 29.6 Å². The van der Waals surface area contributed by atoms with E-state index in [1.165, 1.54) is 25.7 Å². The van der Waals surface area contributed by atoms with Crippen LogP contribution in [0.2, 0.25) is 0 Å². The highest BCUT2D eigenvalue weighted by Crippen LogP contribution is 2.33. The lowest BCUT2D eigenvalue weighted by atomic mass is 9.88. The number of nitrogens with one attached hydrogen (secondary N) is 1. The first-order chi connectivity index (χ1) is 8.69. The van der Waals surface area contributed by atoms with E-state index >= 15 is 0 Å². The van der Waals surface area contributed by atoms with E-state index in [0.717, 1.165) is 17.1 Å². The fourth-order valence-corrected chi connectivity index (χ4v) is 4.19. The van der Waals surface area contributed by atoms with Gasteiger partial charge in [-0.25, -0.2) is 4.98 Å². The molecule has 2 bridgehead atoms. The number of aromatic nitrogens is 1. The predicted octanol–water partition coefficient (Wildman–Crippen LogP) is 2.48. The zero-order chi connectivity index (χ0) is 12.5. The van der Waals surface area contributed by atoms with Gasteiger partial charge in [0.25, 0.3) is 0 Å². The van der Waals surface area contributed by atoms with Crippen molar-refractivity contribution in [2.24, 2.45) is 5.92 Å². The van der Waals surface area contributed by atoms with E-state index < -0.39 is 0 Å². The maximum Gasteiger partial charge on any atom is 0.139 e. The fourth-order valence-electron chi connectivity index (χ4n) is 3.39. The van der Waals surface area contributed by atoms with E-state index in [4.69, 9.17) is 0 Å². The van der Waals surface area contributed by atoms with Crippen molar-refractivity contribution in [2.75, 3.05) is 0 Å². The Bertz CT molecular complexity index is 431. The minimum absolute atomic E-state index is 0.371. The van der Waals surface area contributed by atoms with Crippen LogP contribution in [0.25, 0.3) is 0 Å². The summed E-state index contributed by atoms with van der Waals surface area (Å²) in [6.07, 6.45) is 6.30. The van der Waals surface area contributed by atoms with Gasteiger partial charge in [0.1, 0.15) is 10.8 Å². The van der Waals surface area contributed by atoms with Gasteiger partial charge in [-0.2, -0.15) is 0 Å². The maximum atomic E-state index is 12.1. The predicted molar refractivity (Wildman–Crippen MR) is 72.8 cm³/mol. The number of ketones is 1. The molecule has 18 heavy (non-hydrogen) atoms. The molecule has 4 heteroatoms. The molecule has 3 heterocycles. The Labute approximate surface area is 112 Å². The summed E-state index contributed by atoms with van der Waals surface area (Å²) in [4.78, 5) is 16.4. The van der Waals surface area contributed by atoms with Crippen molar-refractivity contribution in [1.29, 1.82) is 0 Å². The number of thiazole rings is 1. The third-order valence-electron chi connectivity index (χ3n) is 4.10. The number of hydrogen-bond donors (Lipinski definition) is 1. The van der Waals surface area contributed by atoms with E-state index in [1.54, 1.807) is 11.3 Å². The van der Waals surface area contributed by atoms with Crippen LogP contribution in [-0.2, 0) is 11.2 Å². The number of carbonyl (C=O) groups excluding carboxylic acids is 1. The van der Waals surface area contributed by atoms with Crippen LogP contribution in [-0.4, -0.2) is 22.9 Å². The molecule has 0 amide bonds. The Morgan fingerprint density at radius 3 is 2.78 bits per heavy atom. The molecule has 2 aliphatic heterocycles. The van der Waals surface area contributed by atoms with Crippen molar-refractivity contribution in [3.63, 3.8) is 0 Å². The lowest BCUT2D eigenvalue weighted by molar-refractivity contribution is -0.119. The Hall–Kier alpha value is -0.740. The third-order valence-corrected chi connectivity index (χ3v) is 5.07. The smallest absolute Gasteiger partial charge is 0.139 e. The SMILES string of the molecule is Cc1csc(CC(=O)CC2CC3CCC(C2)N3)n1. The molecule has 98 valence electrons. The highest BCUT2D eigenvalue weighted by Gasteiger charge is 2.34. The molecule has 1 aromatic heterocycles. The van der Waals surface area contributed by atoms with Crippen LogP contribution < -0.4 is 5.32 Å². The zero-order valence-corrected chi connectivity index (χ0v) is 11.6. The number of nitrogens with zero attached hydrogens (tertiary/aromatic N) is 1. The fraction of sp³-hybridized carbons (Fsp3) is 0.714. The summed E-state index contributed by atoms with van der Waals surface area (Å²) in [5, 5.41) is 6.63.